The third kappa shape index (κ3) is 6.74. The van der Waals surface area contributed by atoms with Gasteiger partial charge < -0.3 is 14.4 Å². The Labute approximate surface area is 266 Å². The second kappa shape index (κ2) is 12.6. The first-order valence-corrected chi connectivity index (χ1v) is 14.2. The fraction of sp³-hybridized carbons (Fsp3) is 0.184. The van der Waals surface area contributed by atoms with Gasteiger partial charge in [0.15, 0.2) is 0 Å². The maximum Gasteiger partial charge on any atom is 0.147 e. The number of pyridine rings is 3. The van der Waals surface area contributed by atoms with Crippen LogP contribution in [0, 0.1) is 31.4 Å². The van der Waals surface area contributed by atoms with Crippen molar-refractivity contribution in [2.45, 2.75) is 41.0 Å². The number of hydrogen-bond donors (Lipinski definition) is 0. The Morgan fingerprint density at radius 1 is 0.698 bits per heavy atom. The average Bonchev–Trinajstić information content (AvgIpc) is 3.38. The molecule has 217 valence electrons. The Balaban J connectivity index is 0.000000221. The number of furan rings is 1. The van der Waals surface area contributed by atoms with Crippen molar-refractivity contribution in [1.82, 2.24) is 15.0 Å². The van der Waals surface area contributed by atoms with Crippen molar-refractivity contribution in [2.24, 2.45) is 5.41 Å². The van der Waals surface area contributed by atoms with E-state index < -0.39 is 0 Å². The van der Waals surface area contributed by atoms with Crippen LogP contribution in [-0.2, 0) is 26.5 Å². The second-order valence-electron chi connectivity index (χ2n) is 12.0. The van der Waals surface area contributed by atoms with Crippen LogP contribution in [0.3, 0.4) is 0 Å². The van der Waals surface area contributed by atoms with Crippen molar-refractivity contribution < 1.29 is 24.5 Å². The van der Waals surface area contributed by atoms with E-state index in [1.807, 2.05) is 68.7 Å². The van der Waals surface area contributed by atoms with Crippen molar-refractivity contribution >= 4 is 32.8 Å². The van der Waals surface area contributed by atoms with E-state index in [9.17, 15) is 0 Å². The Hall–Kier alpha value is -4.18. The minimum absolute atomic E-state index is 0. The molecule has 1 radical (unpaired) electrons. The summed E-state index contributed by atoms with van der Waals surface area (Å²) in [5.74, 6) is 0. The van der Waals surface area contributed by atoms with Gasteiger partial charge in [-0.05, 0) is 54.3 Å². The molecule has 4 nitrogen and oxygen atoms in total. The number of nitrogens with zero attached hydrogens (tertiary/aromatic N) is 3. The Morgan fingerprint density at radius 2 is 1.40 bits per heavy atom. The van der Waals surface area contributed by atoms with Gasteiger partial charge in [-0.3, -0.25) is 0 Å². The van der Waals surface area contributed by atoms with Gasteiger partial charge in [0.2, 0.25) is 0 Å². The number of benzene rings is 3. The van der Waals surface area contributed by atoms with Gasteiger partial charge in [-0.1, -0.05) is 74.2 Å². The Morgan fingerprint density at radius 3 is 2.05 bits per heavy atom. The van der Waals surface area contributed by atoms with Crippen LogP contribution in [0.2, 0.25) is 0 Å². The van der Waals surface area contributed by atoms with E-state index in [0.29, 0.717) is 0 Å². The first-order chi connectivity index (χ1) is 20.2. The van der Waals surface area contributed by atoms with Gasteiger partial charge in [0.25, 0.3) is 0 Å². The molecule has 0 saturated carbocycles. The first kappa shape index (κ1) is 30.3. The summed E-state index contributed by atoms with van der Waals surface area (Å²) in [4.78, 5) is 13.9. The fourth-order valence-electron chi connectivity index (χ4n) is 5.05. The summed E-state index contributed by atoms with van der Waals surface area (Å²) in [6, 6.07) is 35.0. The van der Waals surface area contributed by atoms with Crippen LogP contribution in [-0.4, -0.2) is 15.0 Å². The summed E-state index contributed by atoms with van der Waals surface area (Å²) >= 11 is 0. The molecule has 0 spiro atoms. The van der Waals surface area contributed by atoms with Gasteiger partial charge in [-0.2, -0.15) is 0 Å². The maximum atomic E-state index is 6.43. The summed E-state index contributed by atoms with van der Waals surface area (Å²) < 4.78 is 6.43. The van der Waals surface area contributed by atoms with E-state index in [2.05, 4.69) is 85.3 Å². The summed E-state index contributed by atoms with van der Waals surface area (Å²) in [5, 5.41) is 3.24. The molecule has 0 bridgehead atoms. The van der Waals surface area contributed by atoms with Gasteiger partial charge in [0, 0.05) is 49.0 Å². The van der Waals surface area contributed by atoms with Gasteiger partial charge in [-0.15, -0.1) is 54.1 Å². The first-order valence-electron chi connectivity index (χ1n) is 14.2. The molecule has 7 rings (SSSR count). The molecule has 0 N–H and O–H groups in total. The number of aryl methyl sites for hydroxylation is 2. The van der Waals surface area contributed by atoms with E-state index in [1.165, 1.54) is 5.56 Å². The van der Waals surface area contributed by atoms with Crippen molar-refractivity contribution in [3.05, 3.63) is 126 Å². The van der Waals surface area contributed by atoms with Crippen molar-refractivity contribution in [3.63, 3.8) is 0 Å². The van der Waals surface area contributed by atoms with E-state index >= 15 is 0 Å². The quantitative estimate of drug-likeness (QED) is 0.170. The monoisotopic (exact) mass is 740 g/mol. The fourth-order valence-corrected chi connectivity index (χ4v) is 5.05. The predicted molar refractivity (Wildman–Crippen MR) is 172 cm³/mol. The zero-order chi connectivity index (χ0) is 29.3. The van der Waals surface area contributed by atoms with Crippen LogP contribution in [0.5, 0.6) is 0 Å². The summed E-state index contributed by atoms with van der Waals surface area (Å²) in [6.45, 7) is 10.8. The summed E-state index contributed by atoms with van der Waals surface area (Å²) in [7, 11) is 0. The molecule has 0 amide bonds. The zero-order valence-corrected chi connectivity index (χ0v) is 27.4. The van der Waals surface area contributed by atoms with E-state index in [1.54, 1.807) is 0 Å². The predicted octanol–water partition coefficient (Wildman–Crippen LogP) is 9.75. The Kier molecular flexibility index (Phi) is 8.87. The minimum atomic E-state index is 0. The molecule has 0 fully saturated rings. The van der Waals surface area contributed by atoms with Crippen molar-refractivity contribution in [2.75, 3.05) is 0 Å². The van der Waals surface area contributed by atoms with Crippen LogP contribution in [0.15, 0.2) is 102 Å². The van der Waals surface area contributed by atoms with Gasteiger partial charge in [-0.25, -0.2) is 4.98 Å². The molecular formula is C38H33IrN3O-2. The smallest absolute Gasteiger partial charge is 0.147 e. The summed E-state index contributed by atoms with van der Waals surface area (Å²) in [6.07, 6.45) is 4.67. The van der Waals surface area contributed by atoms with Crippen LogP contribution in [0.4, 0.5) is 0 Å². The average molecular weight is 740 g/mol. The molecule has 0 atom stereocenters. The van der Waals surface area contributed by atoms with E-state index in [4.69, 9.17) is 9.40 Å². The van der Waals surface area contributed by atoms with Gasteiger partial charge in [0.1, 0.15) is 11.1 Å². The summed E-state index contributed by atoms with van der Waals surface area (Å²) in [5.41, 5.74) is 9.93. The molecule has 0 aliphatic heterocycles. The topological polar surface area (TPSA) is 51.8 Å². The standard InChI is InChI=1S/C26H23N2O.C12H10N.Ir/c1-16-8-13-22(27-15-16)21-7-5-6-19-20-12-10-17-9-11-18(14-26(2,3)4)28-23(17)25(20)29-24(19)21;1-10-7-8-12(13-9-10)11-5-3-2-4-6-11;/h5-6,8-13,15H,14H2,1-4H3;2-5,7-9H,1H3;/q2*-1;. The molecular weight excluding hydrogens is 707 g/mol. The zero-order valence-electron chi connectivity index (χ0n) is 25.0. The van der Waals surface area contributed by atoms with E-state index in [0.717, 1.165) is 73.0 Å². The molecule has 0 aliphatic carbocycles. The second-order valence-corrected chi connectivity index (χ2v) is 12.0. The van der Waals surface area contributed by atoms with Crippen LogP contribution >= 0.6 is 0 Å². The van der Waals surface area contributed by atoms with Crippen LogP contribution in [0.25, 0.3) is 55.4 Å². The SMILES string of the molecule is Cc1ccc(-c2[c-]ccc3c2oc2c3ccc3ccc(CC(C)(C)C)nc32)nc1.Cc1ccc(-c2[c-]cccc2)nc1.[Ir]. The van der Waals surface area contributed by atoms with Gasteiger partial charge in [0.05, 0.1) is 5.58 Å². The van der Waals surface area contributed by atoms with Crippen molar-refractivity contribution in [3.8, 4) is 22.5 Å². The molecule has 3 aromatic carbocycles. The molecule has 43 heavy (non-hydrogen) atoms. The molecule has 5 heteroatoms. The number of rotatable bonds is 3. The minimum Gasteiger partial charge on any atom is -0.498 e. The van der Waals surface area contributed by atoms with E-state index in [-0.39, 0.29) is 25.5 Å². The van der Waals surface area contributed by atoms with Crippen molar-refractivity contribution in [1.29, 1.82) is 0 Å². The molecule has 4 heterocycles. The van der Waals surface area contributed by atoms with Crippen LogP contribution in [0.1, 0.15) is 37.6 Å². The third-order valence-corrected chi connectivity index (χ3v) is 7.09. The molecule has 0 aliphatic rings. The molecule has 4 aromatic heterocycles. The Bertz CT molecular complexity index is 1990. The molecule has 7 aromatic rings. The van der Waals surface area contributed by atoms with Gasteiger partial charge >= 0.3 is 0 Å². The normalized spacial score (nSPS) is 11.3. The third-order valence-electron chi connectivity index (χ3n) is 7.09. The largest absolute Gasteiger partial charge is 0.498 e. The number of fused-ring (bicyclic) bond motifs is 5. The maximum absolute atomic E-state index is 6.43. The van der Waals surface area contributed by atoms with Crippen LogP contribution < -0.4 is 0 Å². The molecule has 0 unspecified atom stereocenters. The number of aromatic nitrogens is 3. The number of hydrogen-bond acceptors (Lipinski definition) is 4. The molecule has 0 saturated heterocycles.